The largest absolute Gasteiger partial charge is 0.424 e. The zero-order chi connectivity index (χ0) is 16.9. The summed E-state index contributed by atoms with van der Waals surface area (Å²) >= 11 is 1.56. The van der Waals surface area contributed by atoms with E-state index in [1.54, 1.807) is 29.5 Å². The predicted octanol–water partition coefficient (Wildman–Crippen LogP) is 4.69. The molecule has 0 aliphatic heterocycles. The van der Waals surface area contributed by atoms with E-state index in [0.717, 1.165) is 20.7 Å². The second kappa shape index (κ2) is 7.27. The first-order chi connectivity index (χ1) is 11.7. The number of carbonyl (C=O) groups is 1. The molecule has 3 rings (SSSR count). The summed E-state index contributed by atoms with van der Waals surface area (Å²) in [5.74, 6) is 0.345. The molecular formula is C19H18N2O2S. The predicted molar refractivity (Wildman–Crippen MR) is 100 cm³/mol. The number of thiophene rings is 1. The van der Waals surface area contributed by atoms with Gasteiger partial charge in [0.1, 0.15) is 0 Å². The van der Waals surface area contributed by atoms with Crippen LogP contribution in [0.3, 0.4) is 0 Å². The van der Waals surface area contributed by atoms with Gasteiger partial charge in [0, 0.05) is 23.6 Å². The van der Waals surface area contributed by atoms with Gasteiger partial charge >= 0.3 is 5.97 Å². The van der Waals surface area contributed by atoms with Gasteiger partial charge in [0.05, 0.1) is 16.8 Å². The maximum absolute atomic E-state index is 11.8. The fourth-order valence-corrected chi connectivity index (χ4v) is 3.26. The van der Waals surface area contributed by atoms with Crippen molar-refractivity contribution in [1.29, 1.82) is 0 Å². The van der Waals surface area contributed by atoms with E-state index in [2.05, 4.69) is 5.10 Å². The van der Waals surface area contributed by atoms with Gasteiger partial charge in [-0.2, -0.15) is 5.10 Å². The monoisotopic (exact) mass is 338 g/mol. The average Bonchev–Trinajstić information content (AvgIpc) is 2.98. The Bertz CT molecular complexity index is 871. The van der Waals surface area contributed by atoms with Crippen molar-refractivity contribution in [3.05, 3.63) is 59.5 Å². The molecule has 0 saturated heterocycles. The maximum Gasteiger partial charge on any atom is 0.310 e. The van der Waals surface area contributed by atoms with Gasteiger partial charge < -0.3 is 4.74 Å². The summed E-state index contributed by atoms with van der Waals surface area (Å²) in [6, 6.07) is 17.8. The topological polar surface area (TPSA) is 41.9 Å². The van der Waals surface area contributed by atoms with E-state index in [9.17, 15) is 4.79 Å². The molecule has 1 heterocycles. The molecule has 0 N–H and O–H groups in total. The van der Waals surface area contributed by atoms with Crippen molar-refractivity contribution in [2.75, 3.05) is 12.1 Å². The smallest absolute Gasteiger partial charge is 0.310 e. The van der Waals surface area contributed by atoms with E-state index in [0.29, 0.717) is 12.2 Å². The number of fused-ring (bicyclic) bond motifs is 1. The van der Waals surface area contributed by atoms with Crippen molar-refractivity contribution >= 4 is 39.3 Å². The lowest BCUT2D eigenvalue weighted by Gasteiger charge is -2.12. The minimum atomic E-state index is -0.246. The van der Waals surface area contributed by atoms with E-state index in [4.69, 9.17) is 4.74 Å². The fraction of sp³-hybridized carbons (Fsp3) is 0.158. The standard InChI is InChI=1S/C19H18N2O2S/c1-3-18(22)23-19-15-11-7-8-12-16(15)24-17(19)13-20-21(2)14-9-5-4-6-10-14/h4-13H,3H2,1-2H3/b20-13+. The van der Waals surface area contributed by atoms with Crippen molar-refractivity contribution in [2.45, 2.75) is 13.3 Å². The molecule has 0 bridgehead atoms. The van der Waals surface area contributed by atoms with Gasteiger partial charge in [-0.3, -0.25) is 9.80 Å². The zero-order valence-corrected chi connectivity index (χ0v) is 14.4. The average molecular weight is 338 g/mol. The Morgan fingerprint density at radius 1 is 1.17 bits per heavy atom. The number of hydrogen-bond acceptors (Lipinski definition) is 5. The highest BCUT2D eigenvalue weighted by molar-refractivity contribution is 7.21. The van der Waals surface area contributed by atoms with Crippen molar-refractivity contribution in [2.24, 2.45) is 5.10 Å². The highest BCUT2D eigenvalue weighted by Gasteiger charge is 2.15. The first-order valence-corrected chi connectivity index (χ1v) is 8.55. The molecule has 122 valence electrons. The number of ether oxygens (including phenoxy) is 1. The van der Waals surface area contributed by atoms with E-state index in [-0.39, 0.29) is 5.97 Å². The third-order valence-corrected chi connectivity index (χ3v) is 4.64. The van der Waals surface area contributed by atoms with Gasteiger partial charge in [-0.15, -0.1) is 11.3 Å². The molecular weight excluding hydrogens is 320 g/mol. The van der Waals surface area contributed by atoms with Crippen LogP contribution in [0.5, 0.6) is 5.75 Å². The van der Waals surface area contributed by atoms with E-state index in [1.807, 2.05) is 61.6 Å². The van der Waals surface area contributed by atoms with E-state index >= 15 is 0 Å². The molecule has 0 radical (unpaired) electrons. The third-order valence-electron chi connectivity index (χ3n) is 3.56. The molecule has 2 aromatic carbocycles. The highest BCUT2D eigenvalue weighted by Crippen LogP contribution is 2.37. The lowest BCUT2D eigenvalue weighted by molar-refractivity contribution is -0.133. The molecule has 0 aliphatic carbocycles. The molecule has 24 heavy (non-hydrogen) atoms. The normalized spacial score (nSPS) is 11.1. The van der Waals surface area contributed by atoms with Crippen molar-refractivity contribution in [3.63, 3.8) is 0 Å². The first kappa shape index (κ1) is 16.2. The quantitative estimate of drug-likeness (QED) is 0.385. The Morgan fingerprint density at radius 2 is 1.88 bits per heavy atom. The van der Waals surface area contributed by atoms with Crippen LogP contribution in [0.1, 0.15) is 18.2 Å². The Kier molecular flexibility index (Phi) is 4.91. The molecule has 1 aromatic heterocycles. The summed E-state index contributed by atoms with van der Waals surface area (Å²) in [4.78, 5) is 12.6. The molecule has 0 atom stereocenters. The lowest BCUT2D eigenvalue weighted by atomic mass is 10.2. The Morgan fingerprint density at radius 3 is 2.62 bits per heavy atom. The number of anilines is 1. The number of nitrogens with zero attached hydrogens (tertiary/aromatic N) is 2. The zero-order valence-electron chi connectivity index (χ0n) is 13.6. The Hall–Kier alpha value is -2.66. The van der Waals surface area contributed by atoms with Crippen molar-refractivity contribution < 1.29 is 9.53 Å². The number of para-hydroxylation sites is 1. The molecule has 0 amide bonds. The summed E-state index contributed by atoms with van der Waals surface area (Å²) in [7, 11) is 1.89. The fourth-order valence-electron chi connectivity index (χ4n) is 2.27. The third kappa shape index (κ3) is 3.46. The number of benzene rings is 2. The van der Waals surface area contributed by atoms with Gasteiger partial charge in [0.25, 0.3) is 0 Å². The Labute approximate surface area is 145 Å². The molecule has 0 unspecified atom stereocenters. The van der Waals surface area contributed by atoms with Gasteiger partial charge in [0.2, 0.25) is 0 Å². The van der Waals surface area contributed by atoms with Crippen LogP contribution >= 0.6 is 11.3 Å². The SMILES string of the molecule is CCC(=O)Oc1c(/C=N/N(C)c2ccccc2)sc2ccccc12. The summed E-state index contributed by atoms with van der Waals surface area (Å²) in [6.07, 6.45) is 2.08. The summed E-state index contributed by atoms with van der Waals surface area (Å²) in [5, 5.41) is 7.21. The Balaban J connectivity index is 1.94. The summed E-state index contributed by atoms with van der Waals surface area (Å²) in [5.41, 5.74) is 0.988. The maximum atomic E-state index is 11.8. The second-order valence-corrected chi connectivity index (χ2v) is 6.31. The summed E-state index contributed by atoms with van der Waals surface area (Å²) < 4.78 is 6.62. The van der Waals surface area contributed by atoms with Gasteiger partial charge in [-0.1, -0.05) is 37.3 Å². The van der Waals surface area contributed by atoms with Gasteiger partial charge in [-0.05, 0) is 24.3 Å². The molecule has 0 aliphatic rings. The summed E-state index contributed by atoms with van der Waals surface area (Å²) in [6.45, 7) is 1.79. The number of hydrogen-bond donors (Lipinski definition) is 0. The van der Waals surface area contributed by atoms with E-state index in [1.165, 1.54) is 0 Å². The van der Waals surface area contributed by atoms with Gasteiger partial charge in [-0.25, -0.2) is 0 Å². The van der Waals surface area contributed by atoms with Crippen LogP contribution in [-0.2, 0) is 4.79 Å². The van der Waals surface area contributed by atoms with Crippen LogP contribution in [0, 0.1) is 0 Å². The van der Waals surface area contributed by atoms with Crippen LogP contribution in [0.15, 0.2) is 59.7 Å². The molecule has 4 nitrogen and oxygen atoms in total. The van der Waals surface area contributed by atoms with E-state index < -0.39 is 0 Å². The lowest BCUT2D eigenvalue weighted by Crippen LogP contribution is -2.09. The second-order valence-electron chi connectivity index (χ2n) is 5.22. The molecule has 5 heteroatoms. The minimum absolute atomic E-state index is 0.246. The van der Waals surface area contributed by atoms with Gasteiger partial charge in [0.15, 0.2) is 5.75 Å². The number of rotatable bonds is 5. The number of esters is 1. The molecule has 0 fully saturated rings. The molecule has 3 aromatic rings. The highest BCUT2D eigenvalue weighted by atomic mass is 32.1. The van der Waals surface area contributed by atoms with Crippen LogP contribution in [0.4, 0.5) is 5.69 Å². The van der Waals surface area contributed by atoms with Crippen molar-refractivity contribution in [1.82, 2.24) is 0 Å². The first-order valence-electron chi connectivity index (χ1n) is 7.74. The minimum Gasteiger partial charge on any atom is -0.424 e. The van der Waals surface area contributed by atoms with Crippen molar-refractivity contribution in [3.8, 4) is 5.75 Å². The van der Waals surface area contributed by atoms with Crippen LogP contribution in [-0.4, -0.2) is 19.2 Å². The van der Waals surface area contributed by atoms with Crippen LogP contribution in [0.2, 0.25) is 0 Å². The van der Waals surface area contributed by atoms with Crippen LogP contribution < -0.4 is 9.75 Å². The molecule has 0 spiro atoms. The molecule has 0 saturated carbocycles. The number of carbonyl (C=O) groups excluding carboxylic acids is 1. The number of hydrazone groups is 1. The van der Waals surface area contributed by atoms with Crippen LogP contribution in [0.25, 0.3) is 10.1 Å².